The molecule has 2 N–H and O–H groups in total. The Morgan fingerprint density at radius 1 is 1.09 bits per heavy atom. The van der Waals surface area contributed by atoms with Crippen molar-refractivity contribution in [3.05, 3.63) is 65.5 Å². The Balaban J connectivity index is 1.80. The van der Waals surface area contributed by atoms with Gasteiger partial charge in [-0.15, -0.1) is 0 Å². The van der Waals surface area contributed by atoms with E-state index >= 15 is 0 Å². The smallest absolute Gasteiger partial charge is 0.258 e. The van der Waals surface area contributed by atoms with Gasteiger partial charge in [0.15, 0.2) is 18.2 Å². The van der Waals surface area contributed by atoms with E-state index in [0.29, 0.717) is 12.1 Å². The molecule has 2 aromatic carbocycles. The van der Waals surface area contributed by atoms with Gasteiger partial charge in [0.05, 0.1) is 0 Å². The van der Waals surface area contributed by atoms with Crippen LogP contribution in [0.4, 0.5) is 4.39 Å². The third kappa shape index (κ3) is 4.81. The molecule has 120 valence electrons. The number of halogens is 1. The minimum Gasteiger partial charge on any atom is -0.481 e. The summed E-state index contributed by atoms with van der Waals surface area (Å²) in [5.74, 6) is -0.995. The summed E-state index contributed by atoms with van der Waals surface area (Å²) >= 11 is 0. The van der Waals surface area contributed by atoms with Gasteiger partial charge >= 0.3 is 0 Å². The largest absolute Gasteiger partial charge is 0.481 e. The van der Waals surface area contributed by atoms with Gasteiger partial charge in [0.25, 0.3) is 11.8 Å². The summed E-state index contributed by atoms with van der Waals surface area (Å²) in [6.45, 7) is 0.0325. The fourth-order valence-electron chi connectivity index (χ4n) is 1.88. The number of rotatable bonds is 6. The molecule has 6 heteroatoms. The Morgan fingerprint density at radius 3 is 2.43 bits per heavy atom. The van der Waals surface area contributed by atoms with Crippen LogP contribution in [0.1, 0.15) is 15.9 Å². The Hall–Kier alpha value is -2.89. The van der Waals surface area contributed by atoms with Crippen molar-refractivity contribution < 1.29 is 18.7 Å². The molecule has 0 heterocycles. The number of hydrogen-bond acceptors (Lipinski definition) is 3. The van der Waals surface area contributed by atoms with E-state index < -0.39 is 5.82 Å². The first-order valence-electron chi connectivity index (χ1n) is 7.05. The molecule has 0 fully saturated rings. The van der Waals surface area contributed by atoms with Gasteiger partial charge in [0.2, 0.25) is 0 Å². The van der Waals surface area contributed by atoms with Crippen molar-refractivity contribution in [3.63, 3.8) is 0 Å². The molecular formula is C17H17FN2O3. The Labute approximate surface area is 133 Å². The highest BCUT2D eigenvalue weighted by Crippen LogP contribution is 2.14. The lowest BCUT2D eigenvalue weighted by Gasteiger charge is -2.08. The second-order valence-electron chi connectivity index (χ2n) is 4.77. The van der Waals surface area contributed by atoms with Crippen molar-refractivity contribution in [2.45, 2.75) is 6.54 Å². The third-order valence-corrected chi connectivity index (χ3v) is 3.13. The monoisotopic (exact) mass is 316 g/mol. The molecule has 0 saturated carbocycles. The van der Waals surface area contributed by atoms with Crippen molar-refractivity contribution in [1.29, 1.82) is 0 Å². The van der Waals surface area contributed by atoms with Crippen LogP contribution >= 0.6 is 0 Å². The average molecular weight is 316 g/mol. The molecule has 0 atom stereocenters. The highest BCUT2D eigenvalue weighted by Gasteiger charge is 2.07. The van der Waals surface area contributed by atoms with Crippen molar-refractivity contribution in [3.8, 4) is 5.75 Å². The predicted molar refractivity (Wildman–Crippen MR) is 83.6 cm³/mol. The summed E-state index contributed by atoms with van der Waals surface area (Å²) in [4.78, 5) is 23.1. The molecule has 0 aromatic heterocycles. The number of para-hydroxylation sites is 1. The average Bonchev–Trinajstić information content (AvgIpc) is 2.59. The molecule has 23 heavy (non-hydrogen) atoms. The molecule has 0 radical (unpaired) electrons. The molecule has 0 spiro atoms. The van der Waals surface area contributed by atoms with E-state index in [0.717, 1.165) is 5.56 Å². The first-order chi connectivity index (χ1) is 11.1. The summed E-state index contributed by atoms with van der Waals surface area (Å²) in [5.41, 5.74) is 1.39. The molecule has 5 nitrogen and oxygen atoms in total. The van der Waals surface area contributed by atoms with E-state index in [4.69, 9.17) is 4.74 Å². The number of carbonyl (C=O) groups is 2. The second kappa shape index (κ2) is 7.93. The maximum absolute atomic E-state index is 13.3. The quantitative estimate of drug-likeness (QED) is 0.855. The zero-order valence-electron chi connectivity index (χ0n) is 12.6. The molecule has 2 aromatic rings. The van der Waals surface area contributed by atoms with Crippen molar-refractivity contribution in [2.24, 2.45) is 0 Å². The Bertz CT molecular complexity index is 686. The maximum Gasteiger partial charge on any atom is 0.258 e. The van der Waals surface area contributed by atoms with E-state index in [1.54, 1.807) is 43.4 Å². The van der Waals surface area contributed by atoms with E-state index in [-0.39, 0.29) is 24.2 Å². The number of benzene rings is 2. The van der Waals surface area contributed by atoms with Crippen LogP contribution in [0.15, 0.2) is 48.5 Å². The van der Waals surface area contributed by atoms with Crippen LogP contribution in [0, 0.1) is 5.82 Å². The van der Waals surface area contributed by atoms with Crippen LogP contribution in [0.5, 0.6) is 5.75 Å². The van der Waals surface area contributed by atoms with Gasteiger partial charge in [0, 0.05) is 19.2 Å². The number of nitrogens with one attached hydrogen (secondary N) is 2. The zero-order valence-corrected chi connectivity index (χ0v) is 12.6. The molecule has 0 saturated heterocycles. The first kappa shape index (κ1) is 16.5. The van der Waals surface area contributed by atoms with Crippen LogP contribution < -0.4 is 15.4 Å². The lowest BCUT2D eigenvalue weighted by atomic mass is 10.1. The van der Waals surface area contributed by atoms with E-state index in [9.17, 15) is 14.0 Å². The summed E-state index contributed by atoms with van der Waals surface area (Å²) in [5, 5.41) is 5.20. The molecule has 0 bridgehead atoms. The molecule has 0 unspecified atom stereocenters. The van der Waals surface area contributed by atoms with Gasteiger partial charge in [0.1, 0.15) is 0 Å². The topological polar surface area (TPSA) is 67.4 Å². The van der Waals surface area contributed by atoms with Crippen LogP contribution in [-0.2, 0) is 11.3 Å². The van der Waals surface area contributed by atoms with Crippen molar-refractivity contribution >= 4 is 11.8 Å². The van der Waals surface area contributed by atoms with Crippen molar-refractivity contribution in [2.75, 3.05) is 13.7 Å². The highest BCUT2D eigenvalue weighted by molar-refractivity contribution is 5.93. The minimum absolute atomic E-state index is 0.0394. The molecular weight excluding hydrogens is 299 g/mol. The number of ether oxygens (including phenoxy) is 1. The van der Waals surface area contributed by atoms with Gasteiger partial charge in [-0.05, 0) is 29.8 Å². The van der Waals surface area contributed by atoms with Crippen LogP contribution in [0.2, 0.25) is 0 Å². The zero-order chi connectivity index (χ0) is 16.7. The van der Waals surface area contributed by atoms with Crippen LogP contribution in [-0.4, -0.2) is 25.5 Å². The normalized spacial score (nSPS) is 10.0. The molecule has 0 aliphatic heterocycles. The van der Waals surface area contributed by atoms with Gasteiger partial charge in [-0.2, -0.15) is 0 Å². The van der Waals surface area contributed by atoms with Crippen molar-refractivity contribution in [1.82, 2.24) is 10.6 Å². The van der Waals surface area contributed by atoms with E-state index in [1.807, 2.05) is 0 Å². The van der Waals surface area contributed by atoms with Crippen LogP contribution in [0.25, 0.3) is 0 Å². The Kier molecular flexibility index (Phi) is 5.68. The lowest BCUT2D eigenvalue weighted by Crippen LogP contribution is -2.28. The Morgan fingerprint density at radius 2 is 1.78 bits per heavy atom. The van der Waals surface area contributed by atoms with Gasteiger partial charge in [-0.3, -0.25) is 9.59 Å². The summed E-state index contributed by atoms with van der Waals surface area (Å²) < 4.78 is 18.4. The first-order valence-corrected chi connectivity index (χ1v) is 7.05. The minimum atomic E-state index is -0.509. The highest BCUT2D eigenvalue weighted by atomic mass is 19.1. The lowest BCUT2D eigenvalue weighted by molar-refractivity contribution is -0.123. The maximum atomic E-state index is 13.3. The number of hydrogen-bond donors (Lipinski definition) is 2. The standard InChI is InChI=1S/C17H17FN2O3/c1-19-17(22)13-8-6-12(7-9-13)10-20-16(21)11-23-15-5-3-2-4-14(15)18/h2-9H,10-11H2,1H3,(H,19,22)(H,20,21). The molecule has 2 amide bonds. The van der Waals surface area contributed by atoms with Crippen LogP contribution in [0.3, 0.4) is 0 Å². The third-order valence-electron chi connectivity index (χ3n) is 3.13. The number of carbonyl (C=O) groups excluding carboxylic acids is 2. The second-order valence-corrected chi connectivity index (χ2v) is 4.77. The summed E-state index contributed by atoms with van der Waals surface area (Å²) in [6, 6.07) is 12.8. The summed E-state index contributed by atoms with van der Waals surface area (Å²) in [6.07, 6.45) is 0. The predicted octanol–water partition coefficient (Wildman–Crippen LogP) is 1.88. The fraction of sp³-hybridized carbons (Fsp3) is 0.176. The fourth-order valence-corrected chi connectivity index (χ4v) is 1.88. The van der Waals surface area contributed by atoms with E-state index in [2.05, 4.69) is 10.6 Å². The molecule has 0 aliphatic carbocycles. The molecule has 2 rings (SSSR count). The molecule has 0 aliphatic rings. The van der Waals surface area contributed by atoms with E-state index in [1.165, 1.54) is 12.1 Å². The number of amides is 2. The SMILES string of the molecule is CNC(=O)c1ccc(CNC(=O)COc2ccccc2F)cc1. The van der Waals surface area contributed by atoms with Gasteiger partial charge in [-0.25, -0.2) is 4.39 Å². The van der Waals surface area contributed by atoms with Gasteiger partial charge in [-0.1, -0.05) is 24.3 Å². The van der Waals surface area contributed by atoms with Gasteiger partial charge < -0.3 is 15.4 Å². The summed E-state index contributed by atoms with van der Waals surface area (Å²) in [7, 11) is 1.56.